The lowest BCUT2D eigenvalue weighted by Crippen LogP contribution is -2.40. The monoisotopic (exact) mass is 129 g/mol. The average molecular weight is 129 g/mol. The Morgan fingerprint density at radius 2 is 2.22 bits per heavy atom. The van der Waals surface area contributed by atoms with Gasteiger partial charge in [0, 0.05) is 6.54 Å². The predicted octanol–water partition coefficient (Wildman–Crippen LogP) is 0.319. The molecule has 0 amide bonds. The molecule has 1 aliphatic heterocycles. The summed E-state index contributed by atoms with van der Waals surface area (Å²) >= 11 is 0. The van der Waals surface area contributed by atoms with Gasteiger partial charge in [0.2, 0.25) is 0 Å². The lowest BCUT2D eigenvalue weighted by Gasteiger charge is -2.31. The standard InChI is InChI=1S/C7H15NO/c1-6-3-4-8(2)5-7(6)9/h6-7,9H,3-5H2,1-2H3/t6-,7?/m0/s1. The number of β-amino-alcohol motifs (C(OH)–C–C–N with tert-alkyl or cyclic N) is 1. The van der Waals surface area contributed by atoms with Gasteiger partial charge in [-0.05, 0) is 25.9 Å². The van der Waals surface area contributed by atoms with E-state index in [1.807, 2.05) is 0 Å². The molecule has 0 spiro atoms. The first-order valence-corrected chi connectivity index (χ1v) is 3.57. The molecular weight excluding hydrogens is 114 g/mol. The van der Waals surface area contributed by atoms with E-state index in [0.717, 1.165) is 19.5 Å². The van der Waals surface area contributed by atoms with E-state index in [4.69, 9.17) is 0 Å². The van der Waals surface area contributed by atoms with Crippen LogP contribution in [0.1, 0.15) is 13.3 Å². The van der Waals surface area contributed by atoms with E-state index in [0.29, 0.717) is 5.92 Å². The number of nitrogens with zero attached hydrogens (tertiary/aromatic N) is 1. The van der Waals surface area contributed by atoms with Gasteiger partial charge in [-0.15, -0.1) is 0 Å². The Bertz CT molecular complexity index is 94.9. The Kier molecular flexibility index (Phi) is 2.09. The molecule has 9 heavy (non-hydrogen) atoms. The number of likely N-dealkylation sites (tertiary alicyclic amines) is 1. The third-order valence-electron chi connectivity index (χ3n) is 2.12. The second-order valence-corrected chi connectivity index (χ2v) is 3.10. The highest BCUT2D eigenvalue weighted by Crippen LogP contribution is 2.14. The highest BCUT2D eigenvalue weighted by molar-refractivity contribution is 4.74. The Hall–Kier alpha value is -0.0800. The lowest BCUT2D eigenvalue weighted by atomic mass is 9.97. The number of likely N-dealkylation sites (N-methyl/N-ethyl adjacent to an activating group) is 1. The normalized spacial score (nSPS) is 39.0. The maximum Gasteiger partial charge on any atom is 0.0692 e. The number of piperidine rings is 1. The first-order chi connectivity index (χ1) is 4.20. The van der Waals surface area contributed by atoms with Crippen molar-refractivity contribution in [3.63, 3.8) is 0 Å². The van der Waals surface area contributed by atoms with Crippen molar-refractivity contribution in [2.24, 2.45) is 5.92 Å². The second kappa shape index (κ2) is 2.67. The van der Waals surface area contributed by atoms with Crippen LogP contribution in [-0.2, 0) is 0 Å². The molecule has 1 aliphatic rings. The molecule has 1 rings (SSSR count). The molecule has 1 fully saturated rings. The van der Waals surface area contributed by atoms with Crippen molar-refractivity contribution >= 4 is 0 Å². The molecule has 0 aromatic heterocycles. The highest BCUT2D eigenvalue weighted by atomic mass is 16.3. The fourth-order valence-corrected chi connectivity index (χ4v) is 1.21. The lowest BCUT2D eigenvalue weighted by molar-refractivity contribution is 0.0404. The minimum atomic E-state index is -0.0938. The van der Waals surface area contributed by atoms with Gasteiger partial charge >= 0.3 is 0 Å². The summed E-state index contributed by atoms with van der Waals surface area (Å²) in [4.78, 5) is 2.17. The van der Waals surface area contributed by atoms with Crippen molar-refractivity contribution in [3.05, 3.63) is 0 Å². The third kappa shape index (κ3) is 1.66. The first kappa shape index (κ1) is 7.03. The summed E-state index contributed by atoms with van der Waals surface area (Å²) in [6.45, 7) is 4.09. The Balaban J connectivity index is 2.35. The van der Waals surface area contributed by atoms with Gasteiger partial charge in [0.25, 0.3) is 0 Å². The molecule has 0 aliphatic carbocycles. The van der Waals surface area contributed by atoms with E-state index in [2.05, 4.69) is 18.9 Å². The molecular formula is C7H15NO. The topological polar surface area (TPSA) is 23.5 Å². The van der Waals surface area contributed by atoms with Gasteiger partial charge in [-0.1, -0.05) is 6.92 Å². The molecule has 0 aromatic carbocycles. The molecule has 1 saturated heterocycles. The van der Waals surface area contributed by atoms with Gasteiger partial charge in [0.15, 0.2) is 0 Å². The van der Waals surface area contributed by atoms with Crippen molar-refractivity contribution in [1.29, 1.82) is 0 Å². The molecule has 1 unspecified atom stereocenters. The van der Waals surface area contributed by atoms with Crippen LogP contribution in [0.15, 0.2) is 0 Å². The third-order valence-corrected chi connectivity index (χ3v) is 2.12. The maximum atomic E-state index is 9.31. The van der Waals surface area contributed by atoms with E-state index < -0.39 is 0 Å². The number of aliphatic hydroxyl groups excluding tert-OH is 1. The van der Waals surface area contributed by atoms with Crippen molar-refractivity contribution in [2.75, 3.05) is 20.1 Å². The summed E-state index contributed by atoms with van der Waals surface area (Å²) in [5.41, 5.74) is 0. The summed E-state index contributed by atoms with van der Waals surface area (Å²) in [7, 11) is 2.05. The van der Waals surface area contributed by atoms with Gasteiger partial charge in [0.1, 0.15) is 0 Å². The Morgan fingerprint density at radius 1 is 1.56 bits per heavy atom. The molecule has 2 atom stereocenters. The van der Waals surface area contributed by atoms with Crippen molar-refractivity contribution in [2.45, 2.75) is 19.4 Å². The van der Waals surface area contributed by atoms with Crippen molar-refractivity contribution in [1.82, 2.24) is 4.90 Å². The van der Waals surface area contributed by atoms with Crippen LogP contribution in [-0.4, -0.2) is 36.2 Å². The Morgan fingerprint density at radius 3 is 2.67 bits per heavy atom. The zero-order chi connectivity index (χ0) is 6.85. The zero-order valence-electron chi connectivity index (χ0n) is 6.17. The number of hydrogen-bond donors (Lipinski definition) is 1. The number of hydrogen-bond acceptors (Lipinski definition) is 2. The van der Waals surface area contributed by atoms with Crippen LogP contribution in [0.3, 0.4) is 0 Å². The van der Waals surface area contributed by atoms with Gasteiger partial charge in [0.05, 0.1) is 6.10 Å². The molecule has 1 N–H and O–H groups in total. The van der Waals surface area contributed by atoms with Gasteiger partial charge < -0.3 is 10.0 Å². The summed E-state index contributed by atoms with van der Waals surface area (Å²) < 4.78 is 0. The molecule has 2 heteroatoms. The predicted molar refractivity (Wildman–Crippen MR) is 37.3 cm³/mol. The molecule has 0 radical (unpaired) electrons. The fraction of sp³-hybridized carbons (Fsp3) is 1.00. The summed E-state index contributed by atoms with van der Waals surface area (Å²) in [6.07, 6.45) is 1.04. The van der Waals surface area contributed by atoms with Gasteiger partial charge in [-0.2, -0.15) is 0 Å². The van der Waals surface area contributed by atoms with E-state index in [1.165, 1.54) is 0 Å². The zero-order valence-corrected chi connectivity index (χ0v) is 6.17. The van der Waals surface area contributed by atoms with Crippen LogP contribution in [0.25, 0.3) is 0 Å². The first-order valence-electron chi connectivity index (χ1n) is 3.57. The Labute approximate surface area is 56.5 Å². The summed E-state index contributed by atoms with van der Waals surface area (Å²) in [5.74, 6) is 0.501. The number of rotatable bonds is 0. The average Bonchev–Trinajstić information content (AvgIpc) is 1.80. The number of aliphatic hydroxyl groups is 1. The highest BCUT2D eigenvalue weighted by Gasteiger charge is 2.21. The molecule has 0 aromatic rings. The summed E-state index contributed by atoms with van der Waals surface area (Å²) in [6, 6.07) is 0. The van der Waals surface area contributed by atoms with E-state index in [1.54, 1.807) is 0 Å². The van der Waals surface area contributed by atoms with Crippen LogP contribution in [0.4, 0.5) is 0 Å². The summed E-state index contributed by atoms with van der Waals surface area (Å²) in [5, 5.41) is 9.31. The van der Waals surface area contributed by atoms with Crippen molar-refractivity contribution < 1.29 is 5.11 Å². The molecule has 0 bridgehead atoms. The van der Waals surface area contributed by atoms with E-state index >= 15 is 0 Å². The van der Waals surface area contributed by atoms with Gasteiger partial charge in [-0.3, -0.25) is 0 Å². The van der Waals surface area contributed by atoms with Crippen LogP contribution in [0, 0.1) is 5.92 Å². The quantitative estimate of drug-likeness (QED) is 0.509. The SMILES string of the molecule is C[C@H]1CCN(C)CC1O. The van der Waals surface area contributed by atoms with E-state index in [9.17, 15) is 5.11 Å². The fourth-order valence-electron chi connectivity index (χ4n) is 1.21. The van der Waals surface area contributed by atoms with Crippen molar-refractivity contribution in [3.8, 4) is 0 Å². The van der Waals surface area contributed by atoms with Crippen LogP contribution < -0.4 is 0 Å². The van der Waals surface area contributed by atoms with E-state index in [-0.39, 0.29) is 6.10 Å². The molecule has 0 saturated carbocycles. The van der Waals surface area contributed by atoms with Crippen LogP contribution >= 0.6 is 0 Å². The second-order valence-electron chi connectivity index (χ2n) is 3.10. The molecule has 2 nitrogen and oxygen atoms in total. The largest absolute Gasteiger partial charge is 0.392 e. The maximum absolute atomic E-state index is 9.31. The van der Waals surface area contributed by atoms with Gasteiger partial charge in [-0.25, -0.2) is 0 Å². The molecule has 1 heterocycles. The van der Waals surface area contributed by atoms with Crippen LogP contribution in [0.5, 0.6) is 0 Å². The minimum absolute atomic E-state index is 0.0938. The van der Waals surface area contributed by atoms with Crippen LogP contribution in [0.2, 0.25) is 0 Å². The smallest absolute Gasteiger partial charge is 0.0692 e. The minimum Gasteiger partial charge on any atom is -0.392 e. The molecule has 54 valence electrons.